The monoisotopic (exact) mass is 215 g/mol. The molecular weight excluding hydrogens is 192 g/mol. The normalized spacial score (nSPS) is 34.8. The van der Waals surface area contributed by atoms with Gasteiger partial charge in [-0.05, 0) is 41.1 Å². The Balaban J connectivity index is 2.01. The summed E-state index contributed by atoms with van der Waals surface area (Å²) in [5, 5.41) is 0. The molecule has 2 bridgehead atoms. The molecule has 0 amide bonds. The van der Waals surface area contributed by atoms with Crippen LogP contribution in [0.25, 0.3) is 0 Å². The quantitative estimate of drug-likeness (QED) is 0.596. The van der Waals surface area contributed by atoms with Crippen LogP contribution >= 0.6 is 0 Å². The first-order chi connectivity index (χ1) is 7.47. The molecule has 1 atom stereocenters. The first kappa shape index (κ1) is 10.6. The zero-order valence-corrected chi connectivity index (χ0v) is 11.1. The van der Waals surface area contributed by atoms with Gasteiger partial charge in [-0.15, -0.1) is 0 Å². The van der Waals surface area contributed by atoms with E-state index < -0.39 is 0 Å². The van der Waals surface area contributed by atoms with Crippen LogP contribution in [0.3, 0.4) is 0 Å². The minimum Gasteiger partial charge on any atom is -0.0555 e. The van der Waals surface area contributed by atoms with Crippen molar-refractivity contribution in [1.29, 1.82) is 0 Å². The molecule has 1 saturated carbocycles. The fraction of sp³-hybridized carbons (Fsp3) is 0.750. The Labute approximate surface area is 99.8 Å². The highest BCUT2D eigenvalue weighted by molar-refractivity contribution is 5.63. The average molecular weight is 215 g/mol. The molecule has 4 aliphatic rings. The van der Waals surface area contributed by atoms with Gasteiger partial charge in [0.05, 0.1) is 0 Å². The standard InChI is InChI=1S/C16H23/c1-11-10-12-14(13(11)15(12,2)3)16(4)8-6-5-7-9-16/h11H,5-9H2,1-4H3. The van der Waals surface area contributed by atoms with E-state index in [2.05, 4.69) is 33.8 Å². The molecule has 0 aliphatic heterocycles. The zero-order chi connectivity index (χ0) is 11.6. The fourth-order valence-electron chi connectivity index (χ4n) is 4.34. The molecule has 0 aromatic carbocycles. The second-order valence-corrected chi connectivity index (χ2v) is 6.78. The molecule has 0 aromatic rings. The number of hydrogen-bond acceptors (Lipinski definition) is 0. The van der Waals surface area contributed by atoms with Crippen molar-refractivity contribution in [1.82, 2.24) is 0 Å². The van der Waals surface area contributed by atoms with Gasteiger partial charge >= 0.3 is 0 Å². The van der Waals surface area contributed by atoms with E-state index in [1.165, 1.54) is 32.1 Å². The molecule has 1 unspecified atom stereocenters. The highest BCUT2D eigenvalue weighted by Crippen LogP contribution is 2.66. The molecule has 0 saturated heterocycles. The Morgan fingerprint density at radius 2 is 1.69 bits per heavy atom. The van der Waals surface area contributed by atoms with Gasteiger partial charge in [-0.3, -0.25) is 0 Å². The molecule has 0 spiro atoms. The summed E-state index contributed by atoms with van der Waals surface area (Å²) in [7, 11) is 0. The fourth-order valence-corrected chi connectivity index (χ4v) is 4.34. The van der Waals surface area contributed by atoms with Crippen LogP contribution in [0.1, 0.15) is 59.8 Å². The smallest absolute Gasteiger partial charge is 0.0123 e. The van der Waals surface area contributed by atoms with Gasteiger partial charge in [0.15, 0.2) is 0 Å². The lowest BCUT2D eigenvalue weighted by molar-refractivity contribution is 0.245. The largest absolute Gasteiger partial charge is 0.0555 e. The van der Waals surface area contributed by atoms with Crippen molar-refractivity contribution >= 4 is 0 Å². The van der Waals surface area contributed by atoms with Gasteiger partial charge in [-0.25, -0.2) is 0 Å². The molecule has 0 heteroatoms. The highest BCUT2D eigenvalue weighted by atomic mass is 14.6. The topological polar surface area (TPSA) is 0 Å². The Hall–Kier alpha value is -0.520. The molecule has 4 aliphatic carbocycles. The van der Waals surface area contributed by atoms with Crippen molar-refractivity contribution in [3.05, 3.63) is 22.8 Å². The van der Waals surface area contributed by atoms with Gasteiger partial charge in [0.1, 0.15) is 0 Å². The van der Waals surface area contributed by atoms with Gasteiger partial charge < -0.3 is 0 Å². The van der Waals surface area contributed by atoms with Gasteiger partial charge in [0.2, 0.25) is 0 Å². The van der Waals surface area contributed by atoms with Gasteiger partial charge in [-0.1, -0.05) is 47.0 Å². The average Bonchev–Trinajstić information content (AvgIpc) is 2.69. The van der Waals surface area contributed by atoms with Crippen molar-refractivity contribution in [3.8, 4) is 0 Å². The van der Waals surface area contributed by atoms with Crippen LogP contribution in [-0.2, 0) is 0 Å². The van der Waals surface area contributed by atoms with Crippen molar-refractivity contribution in [2.45, 2.75) is 59.8 Å². The predicted molar refractivity (Wildman–Crippen MR) is 67.9 cm³/mol. The van der Waals surface area contributed by atoms with Crippen LogP contribution in [0.4, 0.5) is 0 Å². The molecule has 4 rings (SSSR count). The van der Waals surface area contributed by atoms with E-state index in [4.69, 9.17) is 0 Å². The lowest BCUT2D eigenvalue weighted by Gasteiger charge is -2.49. The SMILES string of the molecule is CC1[C]=C2C(C3(C)CCCCC3)=C1C2(C)C. The minimum atomic E-state index is 0.356. The molecule has 1 fully saturated rings. The van der Waals surface area contributed by atoms with Crippen molar-refractivity contribution in [2.24, 2.45) is 16.7 Å². The lowest BCUT2D eigenvalue weighted by atomic mass is 9.55. The number of hydrogen-bond donors (Lipinski definition) is 0. The Morgan fingerprint density at radius 3 is 2.12 bits per heavy atom. The molecule has 16 heavy (non-hydrogen) atoms. The van der Waals surface area contributed by atoms with Crippen LogP contribution in [0.15, 0.2) is 16.7 Å². The third-order valence-electron chi connectivity index (χ3n) is 5.17. The number of fused-ring (bicyclic) bond motifs is 1. The van der Waals surface area contributed by atoms with Crippen LogP contribution in [0.2, 0.25) is 0 Å². The second kappa shape index (κ2) is 3.03. The first-order valence-corrected chi connectivity index (χ1v) is 6.86. The third-order valence-corrected chi connectivity index (χ3v) is 5.17. The van der Waals surface area contributed by atoms with E-state index in [9.17, 15) is 0 Å². The Kier molecular flexibility index (Phi) is 2.01. The summed E-state index contributed by atoms with van der Waals surface area (Å²) in [4.78, 5) is 0. The number of allylic oxidation sites excluding steroid dienone is 4. The molecule has 0 nitrogen and oxygen atoms in total. The van der Waals surface area contributed by atoms with Gasteiger partial charge in [0, 0.05) is 11.3 Å². The Bertz CT molecular complexity index is 386. The summed E-state index contributed by atoms with van der Waals surface area (Å²) >= 11 is 0. The predicted octanol–water partition coefficient (Wildman–Crippen LogP) is 4.67. The molecule has 87 valence electrons. The summed E-state index contributed by atoms with van der Waals surface area (Å²) in [6.07, 6.45) is 10.8. The summed E-state index contributed by atoms with van der Waals surface area (Å²) in [5.41, 5.74) is 5.86. The number of rotatable bonds is 1. The van der Waals surface area contributed by atoms with Crippen LogP contribution in [0, 0.1) is 22.8 Å². The molecule has 0 aromatic heterocycles. The minimum absolute atomic E-state index is 0.356. The Morgan fingerprint density at radius 1 is 1.06 bits per heavy atom. The highest BCUT2D eigenvalue weighted by Gasteiger charge is 2.54. The second-order valence-electron chi connectivity index (χ2n) is 6.78. The van der Waals surface area contributed by atoms with E-state index in [1.54, 1.807) is 16.7 Å². The van der Waals surface area contributed by atoms with E-state index >= 15 is 0 Å². The van der Waals surface area contributed by atoms with E-state index in [0.29, 0.717) is 16.7 Å². The van der Waals surface area contributed by atoms with Crippen molar-refractivity contribution in [2.75, 3.05) is 0 Å². The van der Waals surface area contributed by atoms with E-state index in [0.717, 1.165) is 0 Å². The van der Waals surface area contributed by atoms with E-state index in [1.807, 2.05) is 0 Å². The summed E-state index contributed by atoms with van der Waals surface area (Å²) in [6, 6.07) is 0. The first-order valence-electron chi connectivity index (χ1n) is 6.86. The zero-order valence-electron chi connectivity index (χ0n) is 11.1. The summed E-state index contributed by atoms with van der Waals surface area (Å²) in [5.74, 6) is 0.596. The molecule has 0 heterocycles. The molecule has 1 radical (unpaired) electrons. The van der Waals surface area contributed by atoms with Crippen LogP contribution in [-0.4, -0.2) is 0 Å². The van der Waals surface area contributed by atoms with Gasteiger partial charge in [-0.2, -0.15) is 0 Å². The van der Waals surface area contributed by atoms with E-state index in [-0.39, 0.29) is 0 Å². The van der Waals surface area contributed by atoms with Gasteiger partial charge in [0.25, 0.3) is 0 Å². The maximum absolute atomic E-state index is 3.70. The third kappa shape index (κ3) is 1.11. The maximum atomic E-state index is 3.70. The molecule has 0 N–H and O–H groups in total. The maximum Gasteiger partial charge on any atom is 0.0123 e. The lowest BCUT2D eigenvalue weighted by Crippen LogP contribution is -2.37. The summed E-state index contributed by atoms with van der Waals surface area (Å²) in [6.45, 7) is 9.58. The van der Waals surface area contributed by atoms with Crippen molar-refractivity contribution in [3.63, 3.8) is 0 Å². The molecular formula is C16H23. The van der Waals surface area contributed by atoms with Crippen LogP contribution in [0.5, 0.6) is 0 Å². The van der Waals surface area contributed by atoms with Crippen molar-refractivity contribution < 1.29 is 0 Å². The van der Waals surface area contributed by atoms with Crippen LogP contribution < -0.4 is 0 Å². The summed E-state index contributed by atoms with van der Waals surface area (Å²) < 4.78 is 0.